The SMILES string of the molecule is O=C(OCCOc1ccccc1)C1CCN(c2nc3ccccc3o2)CC1. The highest BCUT2D eigenvalue weighted by atomic mass is 16.6. The first-order chi connectivity index (χ1) is 13.3. The van der Waals surface area contributed by atoms with Gasteiger partial charge >= 0.3 is 5.97 Å². The molecule has 140 valence electrons. The van der Waals surface area contributed by atoms with Crippen molar-refractivity contribution in [3.63, 3.8) is 0 Å². The fourth-order valence-electron chi connectivity index (χ4n) is 3.24. The largest absolute Gasteiger partial charge is 0.490 e. The third kappa shape index (κ3) is 4.22. The quantitative estimate of drug-likeness (QED) is 0.490. The molecule has 6 nitrogen and oxygen atoms in total. The van der Waals surface area contributed by atoms with Crippen LogP contribution in [0.25, 0.3) is 11.1 Å². The molecule has 1 saturated heterocycles. The van der Waals surface area contributed by atoms with Crippen molar-refractivity contribution in [3.05, 3.63) is 54.6 Å². The van der Waals surface area contributed by atoms with E-state index < -0.39 is 0 Å². The number of ether oxygens (including phenoxy) is 2. The first-order valence-corrected chi connectivity index (χ1v) is 9.24. The van der Waals surface area contributed by atoms with Crippen molar-refractivity contribution in [2.75, 3.05) is 31.2 Å². The number of piperidine rings is 1. The monoisotopic (exact) mass is 366 g/mol. The summed E-state index contributed by atoms with van der Waals surface area (Å²) in [7, 11) is 0. The Morgan fingerprint density at radius 3 is 2.56 bits per heavy atom. The van der Waals surface area contributed by atoms with E-state index in [-0.39, 0.29) is 18.5 Å². The summed E-state index contributed by atoms with van der Waals surface area (Å²) in [5.41, 5.74) is 1.64. The van der Waals surface area contributed by atoms with Crippen LogP contribution in [0.3, 0.4) is 0 Å². The lowest BCUT2D eigenvalue weighted by atomic mass is 9.97. The summed E-state index contributed by atoms with van der Waals surface area (Å²) in [4.78, 5) is 18.9. The molecule has 2 heterocycles. The summed E-state index contributed by atoms with van der Waals surface area (Å²) in [6.45, 7) is 2.08. The highest BCUT2D eigenvalue weighted by Crippen LogP contribution is 2.26. The molecule has 0 spiro atoms. The molecule has 0 N–H and O–H groups in total. The van der Waals surface area contributed by atoms with E-state index in [4.69, 9.17) is 13.9 Å². The number of anilines is 1. The number of para-hydroxylation sites is 3. The molecule has 0 amide bonds. The molecule has 1 aromatic heterocycles. The van der Waals surface area contributed by atoms with Crippen molar-refractivity contribution in [1.29, 1.82) is 0 Å². The topological polar surface area (TPSA) is 64.8 Å². The third-order valence-electron chi connectivity index (χ3n) is 4.72. The molecule has 1 aliphatic heterocycles. The number of rotatable bonds is 6. The van der Waals surface area contributed by atoms with Crippen LogP contribution in [0, 0.1) is 5.92 Å². The Morgan fingerprint density at radius 1 is 1.04 bits per heavy atom. The van der Waals surface area contributed by atoms with E-state index in [1.807, 2.05) is 54.6 Å². The Kier molecular flexibility index (Phi) is 5.23. The second-order valence-electron chi connectivity index (χ2n) is 6.55. The van der Waals surface area contributed by atoms with Crippen molar-refractivity contribution in [3.8, 4) is 5.75 Å². The van der Waals surface area contributed by atoms with E-state index in [0.717, 1.165) is 42.8 Å². The van der Waals surface area contributed by atoms with Crippen LogP contribution < -0.4 is 9.64 Å². The van der Waals surface area contributed by atoms with Crippen LogP contribution in [0.1, 0.15) is 12.8 Å². The van der Waals surface area contributed by atoms with Crippen LogP contribution in [-0.2, 0) is 9.53 Å². The van der Waals surface area contributed by atoms with E-state index in [1.54, 1.807) is 0 Å². The number of benzene rings is 2. The Hall–Kier alpha value is -3.02. The van der Waals surface area contributed by atoms with Crippen LogP contribution in [0.15, 0.2) is 59.0 Å². The molecule has 1 fully saturated rings. The molecule has 0 saturated carbocycles. The van der Waals surface area contributed by atoms with Crippen molar-refractivity contribution in [2.45, 2.75) is 12.8 Å². The lowest BCUT2D eigenvalue weighted by Gasteiger charge is -2.29. The minimum absolute atomic E-state index is 0.0812. The third-order valence-corrected chi connectivity index (χ3v) is 4.72. The smallest absolute Gasteiger partial charge is 0.309 e. The summed E-state index contributed by atoms with van der Waals surface area (Å²) >= 11 is 0. The molecule has 4 rings (SSSR count). The van der Waals surface area contributed by atoms with E-state index in [0.29, 0.717) is 12.6 Å². The van der Waals surface area contributed by atoms with Gasteiger partial charge in [0.25, 0.3) is 6.01 Å². The first-order valence-electron chi connectivity index (χ1n) is 9.24. The van der Waals surface area contributed by atoms with Crippen LogP contribution in [-0.4, -0.2) is 37.3 Å². The Balaban J connectivity index is 1.22. The number of esters is 1. The Morgan fingerprint density at radius 2 is 1.78 bits per heavy atom. The normalized spacial score (nSPS) is 15.0. The van der Waals surface area contributed by atoms with Gasteiger partial charge in [0.2, 0.25) is 0 Å². The number of carbonyl (C=O) groups excluding carboxylic acids is 1. The maximum atomic E-state index is 12.3. The van der Waals surface area contributed by atoms with Gasteiger partial charge in [0.15, 0.2) is 5.58 Å². The zero-order valence-electron chi connectivity index (χ0n) is 15.0. The van der Waals surface area contributed by atoms with Crippen LogP contribution in [0.5, 0.6) is 5.75 Å². The number of fused-ring (bicyclic) bond motifs is 1. The van der Waals surface area contributed by atoms with Gasteiger partial charge in [0.05, 0.1) is 5.92 Å². The molecule has 1 aliphatic rings. The van der Waals surface area contributed by atoms with Gasteiger partial charge in [-0.2, -0.15) is 4.98 Å². The average molecular weight is 366 g/mol. The number of hydrogen-bond donors (Lipinski definition) is 0. The molecule has 0 radical (unpaired) electrons. The highest BCUT2D eigenvalue weighted by molar-refractivity contribution is 5.75. The van der Waals surface area contributed by atoms with Gasteiger partial charge in [0, 0.05) is 13.1 Å². The van der Waals surface area contributed by atoms with E-state index >= 15 is 0 Å². The zero-order chi connectivity index (χ0) is 18.5. The van der Waals surface area contributed by atoms with Crippen LogP contribution in [0.2, 0.25) is 0 Å². The predicted octanol–water partition coefficient (Wildman–Crippen LogP) is 3.67. The molecule has 2 aromatic carbocycles. The average Bonchev–Trinajstić information content (AvgIpc) is 3.16. The molecule has 3 aromatic rings. The number of aromatic nitrogens is 1. The van der Waals surface area contributed by atoms with Gasteiger partial charge in [-0.05, 0) is 37.1 Å². The van der Waals surface area contributed by atoms with Gasteiger partial charge in [-0.3, -0.25) is 4.79 Å². The fourth-order valence-corrected chi connectivity index (χ4v) is 3.24. The van der Waals surface area contributed by atoms with E-state index in [1.165, 1.54) is 0 Å². The lowest BCUT2D eigenvalue weighted by molar-refractivity contribution is -0.150. The van der Waals surface area contributed by atoms with Crippen LogP contribution >= 0.6 is 0 Å². The first kappa shape index (κ1) is 17.4. The number of nitrogens with zero attached hydrogens (tertiary/aromatic N) is 2. The molecule has 0 aliphatic carbocycles. The minimum Gasteiger partial charge on any atom is -0.490 e. The number of oxazole rings is 1. The van der Waals surface area contributed by atoms with E-state index in [2.05, 4.69) is 9.88 Å². The van der Waals surface area contributed by atoms with Gasteiger partial charge in [0.1, 0.15) is 24.5 Å². The fraction of sp³-hybridized carbons (Fsp3) is 0.333. The minimum atomic E-state index is -0.149. The van der Waals surface area contributed by atoms with Crippen molar-refractivity contribution >= 4 is 23.1 Å². The van der Waals surface area contributed by atoms with E-state index in [9.17, 15) is 4.79 Å². The van der Waals surface area contributed by atoms with Crippen LogP contribution in [0.4, 0.5) is 6.01 Å². The van der Waals surface area contributed by atoms with Crippen molar-refractivity contribution in [2.24, 2.45) is 5.92 Å². The Labute approximate surface area is 157 Å². The predicted molar refractivity (Wildman–Crippen MR) is 102 cm³/mol. The summed E-state index contributed by atoms with van der Waals surface area (Å²) in [6.07, 6.45) is 1.47. The maximum absolute atomic E-state index is 12.3. The second-order valence-corrected chi connectivity index (χ2v) is 6.55. The van der Waals surface area contributed by atoms with Gasteiger partial charge in [-0.15, -0.1) is 0 Å². The van der Waals surface area contributed by atoms with Gasteiger partial charge in [-0.1, -0.05) is 30.3 Å². The zero-order valence-corrected chi connectivity index (χ0v) is 15.0. The summed E-state index contributed by atoms with van der Waals surface area (Å²) in [5.74, 6) is 0.548. The molecule has 0 bridgehead atoms. The van der Waals surface area contributed by atoms with Crippen molar-refractivity contribution < 1.29 is 18.7 Å². The highest BCUT2D eigenvalue weighted by Gasteiger charge is 2.28. The molecule has 0 atom stereocenters. The molecule has 6 heteroatoms. The van der Waals surface area contributed by atoms with Crippen molar-refractivity contribution in [1.82, 2.24) is 4.98 Å². The standard InChI is InChI=1S/C21H22N2O4/c24-20(26-15-14-25-17-6-2-1-3-7-17)16-10-12-23(13-11-16)21-22-18-8-4-5-9-19(18)27-21/h1-9,16H,10-15H2. The van der Waals surface area contributed by atoms with Gasteiger partial charge < -0.3 is 18.8 Å². The summed E-state index contributed by atoms with van der Waals surface area (Å²) in [5, 5.41) is 0. The Bertz CT molecular complexity index is 852. The number of carbonyl (C=O) groups is 1. The maximum Gasteiger partial charge on any atom is 0.309 e. The summed E-state index contributed by atoms with van der Waals surface area (Å²) < 4.78 is 16.7. The molecule has 0 unspecified atom stereocenters. The van der Waals surface area contributed by atoms with Gasteiger partial charge in [-0.25, -0.2) is 0 Å². The number of hydrogen-bond acceptors (Lipinski definition) is 6. The molecule has 27 heavy (non-hydrogen) atoms. The summed E-state index contributed by atoms with van der Waals surface area (Å²) in [6, 6.07) is 17.8. The molecular weight excluding hydrogens is 344 g/mol. The molecular formula is C21H22N2O4. The second kappa shape index (κ2) is 8.12. The lowest BCUT2D eigenvalue weighted by Crippen LogP contribution is -2.37.